The summed E-state index contributed by atoms with van der Waals surface area (Å²) >= 11 is 5.48. The van der Waals surface area contributed by atoms with Crippen LogP contribution in [0, 0.1) is 0 Å². The van der Waals surface area contributed by atoms with Gasteiger partial charge in [-0.3, -0.25) is 4.72 Å². The van der Waals surface area contributed by atoms with Crippen LogP contribution in [-0.2, 0) is 26.0 Å². The highest BCUT2D eigenvalue weighted by atomic mass is 35.5. The van der Waals surface area contributed by atoms with Gasteiger partial charge in [-0.05, 0) is 30.3 Å². The third-order valence-corrected chi connectivity index (χ3v) is 6.12. The molecule has 0 bridgehead atoms. The molecular weight excluding hydrogens is 403 g/mol. The van der Waals surface area contributed by atoms with Crippen molar-refractivity contribution in [1.82, 2.24) is 0 Å². The van der Waals surface area contributed by atoms with E-state index in [-0.39, 0.29) is 0 Å². The molecule has 0 radical (unpaired) electrons. The first-order chi connectivity index (χ1) is 11.3. The van der Waals surface area contributed by atoms with Gasteiger partial charge in [-0.15, -0.1) is 0 Å². The van der Waals surface area contributed by atoms with E-state index in [0.29, 0.717) is 6.07 Å². The number of sulfone groups is 1. The van der Waals surface area contributed by atoms with Gasteiger partial charge in [0.2, 0.25) is 0 Å². The zero-order valence-corrected chi connectivity index (χ0v) is 14.9. The topological polar surface area (TPSA) is 80.3 Å². The van der Waals surface area contributed by atoms with Crippen LogP contribution in [0.2, 0.25) is 5.02 Å². The van der Waals surface area contributed by atoms with Gasteiger partial charge in [0.1, 0.15) is 4.90 Å². The van der Waals surface area contributed by atoms with Gasteiger partial charge in [-0.25, -0.2) is 16.8 Å². The molecule has 0 saturated heterocycles. The summed E-state index contributed by atoms with van der Waals surface area (Å²) in [5, 5.41) is -0.591. The lowest BCUT2D eigenvalue weighted by Gasteiger charge is -2.14. The number of hydrogen-bond acceptors (Lipinski definition) is 4. The normalized spacial score (nSPS) is 12.8. The average Bonchev–Trinajstić information content (AvgIpc) is 2.47. The van der Waals surface area contributed by atoms with Crippen molar-refractivity contribution < 1.29 is 30.0 Å². The van der Waals surface area contributed by atoms with Crippen LogP contribution >= 0.6 is 11.6 Å². The molecule has 0 aromatic heterocycles. The van der Waals surface area contributed by atoms with Gasteiger partial charge in [-0.2, -0.15) is 13.2 Å². The van der Waals surface area contributed by atoms with E-state index in [0.717, 1.165) is 30.5 Å². The third kappa shape index (κ3) is 4.44. The molecule has 0 aliphatic heterocycles. The van der Waals surface area contributed by atoms with Crippen LogP contribution < -0.4 is 4.72 Å². The van der Waals surface area contributed by atoms with Crippen LogP contribution in [0.5, 0.6) is 0 Å². The highest BCUT2D eigenvalue weighted by Crippen LogP contribution is 2.36. The quantitative estimate of drug-likeness (QED) is 0.831. The van der Waals surface area contributed by atoms with Crippen LogP contribution in [-0.4, -0.2) is 23.1 Å². The second-order valence-electron chi connectivity index (χ2n) is 5.02. The molecular formula is C14H11ClF3NO4S2. The van der Waals surface area contributed by atoms with E-state index >= 15 is 0 Å². The van der Waals surface area contributed by atoms with Gasteiger partial charge in [0, 0.05) is 11.9 Å². The number of anilines is 1. The van der Waals surface area contributed by atoms with Crippen molar-refractivity contribution in [2.45, 2.75) is 16.0 Å². The van der Waals surface area contributed by atoms with Crippen LogP contribution in [0.1, 0.15) is 5.56 Å². The summed E-state index contributed by atoms with van der Waals surface area (Å²) in [5.41, 5.74) is -1.62. The SMILES string of the molecule is CS(=O)(=O)c1ccccc1S(=O)(=O)Nc1ccc(Cl)c(C(F)(F)F)c1. The first-order valence-electron chi connectivity index (χ1n) is 6.51. The predicted molar refractivity (Wildman–Crippen MR) is 86.8 cm³/mol. The van der Waals surface area contributed by atoms with Crippen LogP contribution in [0.4, 0.5) is 18.9 Å². The first-order valence-corrected chi connectivity index (χ1v) is 10.3. The molecule has 0 fully saturated rings. The molecule has 0 aliphatic rings. The summed E-state index contributed by atoms with van der Waals surface area (Å²) in [5.74, 6) is 0. The van der Waals surface area contributed by atoms with E-state index in [9.17, 15) is 30.0 Å². The Labute approximate surface area is 147 Å². The fourth-order valence-electron chi connectivity index (χ4n) is 1.99. The Hall–Kier alpha value is -1.78. The third-order valence-electron chi connectivity index (χ3n) is 3.06. The molecule has 5 nitrogen and oxygen atoms in total. The highest BCUT2D eigenvalue weighted by molar-refractivity contribution is 7.95. The van der Waals surface area contributed by atoms with Crippen molar-refractivity contribution in [3.63, 3.8) is 0 Å². The number of hydrogen-bond donors (Lipinski definition) is 1. The minimum Gasteiger partial charge on any atom is -0.280 e. The Kier molecular flexibility index (Phi) is 5.08. The second kappa shape index (κ2) is 6.50. The molecule has 2 rings (SSSR count). The lowest BCUT2D eigenvalue weighted by Crippen LogP contribution is -2.17. The van der Waals surface area contributed by atoms with E-state index in [1.54, 1.807) is 0 Å². The monoisotopic (exact) mass is 413 g/mol. The fraction of sp³-hybridized carbons (Fsp3) is 0.143. The van der Waals surface area contributed by atoms with Gasteiger partial charge in [-0.1, -0.05) is 23.7 Å². The van der Waals surface area contributed by atoms with Gasteiger partial charge >= 0.3 is 6.18 Å². The summed E-state index contributed by atoms with van der Waals surface area (Å²) in [6.45, 7) is 0. The smallest absolute Gasteiger partial charge is 0.280 e. The van der Waals surface area contributed by atoms with E-state index in [4.69, 9.17) is 11.6 Å². The van der Waals surface area contributed by atoms with E-state index in [1.165, 1.54) is 12.1 Å². The van der Waals surface area contributed by atoms with Gasteiger partial charge in [0.05, 0.1) is 15.5 Å². The number of benzene rings is 2. The standard InChI is InChI=1S/C14H11ClF3NO4S2/c1-24(20,21)12-4-2-3-5-13(12)25(22,23)19-9-6-7-11(15)10(8-9)14(16,17)18/h2-8,19H,1H3. The number of nitrogens with one attached hydrogen (secondary N) is 1. The number of halogens is 4. The van der Waals surface area contributed by atoms with Crippen molar-refractivity contribution in [2.24, 2.45) is 0 Å². The van der Waals surface area contributed by atoms with Crippen molar-refractivity contribution in [2.75, 3.05) is 11.0 Å². The molecule has 136 valence electrons. The highest BCUT2D eigenvalue weighted by Gasteiger charge is 2.34. The first kappa shape index (κ1) is 19.5. The van der Waals surface area contributed by atoms with Crippen molar-refractivity contribution in [3.8, 4) is 0 Å². The van der Waals surface area contributed by atoms with Crippen LogP contribution in [0.25, 0.3) is 0 Å². The molecule has 0 atom stereocenters. The summed E-state index contributed by atoms with van der Waals surface area (Å²) in [6.07, 6.45) is -3.95. The molecule has 0 heterocycles. The summed E-state index contributed by atoms with van der Waals surface area (Å²) in [7, 11) is -8.31. The Morgan fingerprint density at radius 3 is 2.04 bits per heavy atom. The molecule has 1 N–H and O–H groups in total. The van der Waals surface area contributed by atoms with E-state index < -0.39 is 52.1 Å². The summed E-state index contributed by atoms with van der Waals surface area (Å²) < 4.78 is 88.8. The molecule has 0 spiro atoms. The zero-order chi connectivity index (χ0) is 19.0. The lowest BCUT2D eigenvalue weighted by molar-refractivity contribution is -0.137. The van der Waals surface area contributed by atoms with Gasteiger partial charge in [0.25, 0.3) is 10.0 Å². The largest absolute Gasteiger partial charge is 0.417 e. The molecule has 25 heavy (non-hydrogen) atoms. The lowest BCUT2D eigenvalue weighted by atomic mass is 10.2. The van der Waals surface area contributed by atoms with E-state index in [2.05, 4.69) is 0 Å². The zero-order valence-electron chi connectivity index (χ0n) is 12.5. The minimum atomic E-state index is -4.77. The summed E-state index contributed by atoms with van der Waals surface area (Å²) in [4.78, 5) is -1.03. The molecule has 0 saturated carbocycles. The van der Waals surface area contributed by atoms with Crippen LogP contribution in [0.15, 0.2) is 52.3 Å². The van der Waals surface area contributed by atoms with Crippen LogP contribution in [0.3, 0.4) is 0 Å². The average molecular weight is 414 g/mol. The fourth-order valence-corrected chi connectivity index (χ4v) is 4.90. The maximum absolute atomic E-state index is 12.9. The van der Waals surface area contributed by atoms with Crippen molar-refractivity contribution in [1.29, 1.82) is 0 Å². The Morgan fingerprint density at radius 2 is 1.52 bits per heavy atom. The maximum atomic E-state index is 12.9. The maximum Gasteiger partial charge on any atom is 0.417 e. The number of alkyl halides is 3. The van der Waals surface area contributed by atoms with Crippen molar-refractivity contribution >= 4 is 37.1 Å². The Balaban J connectivity index is 2.52. The van der Waals surface area contributed by atoms with Gasteiger partial charge in [0.15, 0.2) is 9.84 Å². The summed E-state index contributed by atoms with van der Waals surface area (Å²) in [6, 6.07) is 7.23. The van der Waals surface area contributed by atoms with Crippen molar-refractivity contribution in [3.05, 3.63) is 53.1 Å². The predicted octanol–water partition coefficient (Wildman–Crippen LogP) is 3.56. The molecule has 2 aromatic rings. The number of sulfonamides is 1. The Morgan fingerprint density at radius 1 is 0.960 bits per heavy atom. The van der Waals surface area contributed by atoms with E-state index in [1.807, 2.05) is 4.72 Å². The molecule has 11 heteroatoms. The molecule has 0 aliphatic carbocycles. The Bertz CT molecular complexity index is 1020. The molecule has 2 aromatic carbocycles. The second-order valence-corrected chi connectivity index (χ2v) is 9.06. The van der Waals surface area contributed by atoms with Gasteiger partial charge < -0.3 is 0 Å². The number of rotatable bonds is 4. The molecule has 0 amide bonds. The molecule has 0 unspecified atom stereocenters. The minimum absolute atomic E-state index is 0.403.